The van der Waals surface area contributed by atoms with Gasteiger partial charge < -0.3 is 10.2 Å². The molecule has 0 aromatic heterocycles. The van der Waals surface area contributed by atoms with Crippen molar-refractivity contribution in [3.05, 3.63) is 29.8 Å². The standard InChI is InChI=1S/C14H17N3O/c1-14(13(18)16-2)7-8-17(10-14)12-6-4-3-5-11(12)9-15/h3-6H,7-8,10H2,1-2H3,(H,16,18). The van der Waals surface area contributed by atoms with Gasteiger partial charge in [-0.15, -0.1) is 0 Å². The molecule has 1 saturated heterocycles. The molecule has 1 atom stereocenters. The largest absolute Gasteiger partial charge is 0.369 e. The third-order valence-corrected chi connectivity index (χ3v) is 3.61. The minimum atomic E-state index is -0.364. The molecule has 1 N–H and O–H groups in total. The summed E-state index contributed by atoms with van der Waals surface area (Å²) in [7, 11) is 1.67. The Morgan fingerprint density at radius 3 is 2.89 bits per heavy atom. The molecule has 1 amide bonds. The fourth-order valence-corrected chi connectivity index (χ4v) is 2.50. The second kappa shape index (κ2) is 4.69. The Morgan fingerprint density at radius 2 is 2.22 bits per heavy atom. The van der Waals surface area contributed by atoms with E-state index in [0.29, 0.717) is 12.1 Å². The van der Waals surface area contributed by atoms with E-state index in [4.69, 9.17) is 5.26 Å². The molecule has 0 aliphatic carbocycles. The van der Waals surface area contributed by atoms with E-state index in [1.54, 1.807) is 7.05 Å². The van der Waals surface area contributed by atoms with Crippen LogP contribution in [0.5, 0.6) is 0 Å². The first-order valence-corrected chi connectivity index (χ1v) is 6.07. The van der Waals surface area contributed by atoms with Crippen LogP contribution in [-0.2, 0) is 4.79 Å². The molecule has 4 nitrogen and oxygen atoms in total. The average molecular weight is 243 g/mol. The molecular weight excluding hydrogens is 226 g/mol. The van der Waals surface area contributed by atoms with Crippen LogP contribution in [0.3, 0.4) is 0 Å². The van der Waals surface area contributed by atoms with Crippen LogP contribution in [-0.4, -0.2) is 26.0 Å². The van der Waals surface area contributed by atoms with Crippen LogP contribution < -0.4 is 10.2 Å². The molecule has 4 heteroatoms. The molecule has 1 aliphatic rings. The van der Waals surface area contributed by atoms with Gasteiger partial charge >= 0.3 is 0 Å². The molecule has 1 aromatic carbocycles. The predicted octanol–water partition coefficient (Wildman–Crippen LogP) is 1.52. The van der Waals surface area contributed by atoms with Crippen molar-refractivity contribution in [2.75, 3.05) is 25.0 Å². The summed E-state index contributed by atoms with van der Waals surface area (Å²) in [6.45, 7) is 3.44. The first-order chi connectivity index (χ1) is 8.60. The number of benzene rings is 1. The summed E-state index contributed by atoms with van der Waals surface area (Å²) in [5, 5.41) is 11.8. The smallest absolute Gasteiger partial charge is 0.227 e. The third-order valence-electron chi connectivity index (χ3n) is 3.61. The van der Waals surface area contributed by atoms with Gasteiger partial charge in [0.2, 0.25) is 5.91 Å². The molecule has 1 aromatic rings. The van der Waals surface area contributed by atoms with Gasteiger partial charge in [0.1, 0.15) is 6.07 Å². The maximum absolute atomic E-state index is 11.9. The van der Waals surface area contributed by atoms with Gasteiger partial charge in [0.15, 0.2) is 0 Å². The molecule has 1 heterocycles. The lowest BCUT2D eigenvalue weighted by molar-refractivity contribution is -0.128. The third kappa shape index (κ3) is 2.04. The Morgan fingerprint density at radius 1 is 1.50 bits per heavy atom. The normalized spacial score (nSPS) is 22.6. The van der Waals surface area contributed by atoms with E-state index in [2.05, 4.69) is 16.3 Å². The van der Waals surface area contributed by atoms with Crippen molar-refractivity contribution >= 4 is 11.6 Å². The highest BCUT2D eigenvalue weighted by Crippen LogP contribution is 2.34. The van der Waals surface area contributed by atoms with Gasteiger partial charge in [0.05, 0.1) is 16.7 Å². The van der Waals surface area contributed by atoms with Gasteiger partial charge in [0, 0.05) is 20.1 Å². The van der Waals surface area contributed by atoms with Gasteiger partial charge in [-0.1, -0.05) is 12.1 Å². The van der Waals surface area contributed by atoms with Gasteiger partial charge in [-0.05, 0) is 25.5 Å². The number of para-hydroxylation sites is 1. The van der Waals surface area contributed by atoms with Crippen LogP contribution in [0.4, 0.5) is 5.69 Å². The van der Waals surface area contributed by atoms with E-state index in [1.807, 2.05) is 31.2 Å². The quantitative estimate of drug-likeness (QED) is 0.856. The van der Waals surface area contributed by atoms with Crippen molar-refractivity contribution in [1.29, 1.82) is 5.26 Å². The summed E-state index contributed by atoms with van der Waals surface area (Å²) in [6.07, 6.45) is 0.812. The molecular formula is C14H17N3O. The number of hydrogen-bond donors (Lipinski definition) is 1. The van der Waals surface area contributed by atoms with Crippen molar-refractivity contribution in [1.82, 2.24) is 5.32 Å². The molecule has 1 unspecified atom stereocenters. The van der Waals surface area contributed by atoms with E-state index in [-0.39, 0.29) is 11.3 Å². The maximum atomic E-state index is 11.9. The molecule has 1 fully saturated rings. The van der Waals surface area contributed by atoms with Crippen LogP contribution in [0.2, 0.25) is 0 Å². The Kier molecular flexibility index (Phi) is 3.24. The highest BCUT2D eigenvalue weighted by atomic mass is 16.2. The zero-order chi connectivity index (χ0) is 13.2. The summed E-state index contributed by atoms with van der Waals surface area (Å²) in [5.74, 6) is 0.0689. The summed E-state index contributed by atoms with van der Waals surface area (Å²) in [5.41, 5.74) is 1.23. The lowest BCUT2D eigenvalue weighted by atomic mass is 9.89. The topological polar surface area (TPSA) is 56.1 Å². The minimum absolute atomic E-state index is 0.0689. The van der Waals surface area contributed by atoms with Gasteiger partial charge in [-0.2, -0.15) is 5.26 Å². The molecule has 94 valence electrons. The Bertz CT molecular complexity index is 506. The number of anilines is 1. The number of rotatable bonds is 2. The number of nitriles is 1. The summed E-state index contributed by atoms with van der Waals surface area (Å²) in [6, 6.07) is 9.73. The number of amides is 1. The number of hydrogen-bond acceptors (Lipinski definition) is 3. The van der Waals surface area contributed by atoms with Gasteiger partial charge in [-0.25, -0.2) is 0 Å². The lowest BCUT2D eigenvalue weighted by Crippen LogP contribution is -2.39. The zero-order valence-corrected chi connectivity index (χ0v) is 10.7. The fourth-order valence-electron chi connectivity index (χ4n) is 2.50. The molecule has 0 saturated carbocycles. The van der Waals surface area contributed by atoms with Crippen molar-refractivity contribution in [2.24, 2.45) is 5.41 Å². The molecule has 1 aliphatic heterocycles. The predicted molar refractivity (Wildman–Crippen MR) is 70.2 cm³/mol. The molecule has 18 heavy (non-hydrogen) atoms. The van der Waals surface area contributed by atoms with Crippen LogP contribution in [0.25, 0.3) is 0 Å². The van der Waals surface area contributed by atoms with E-state index in [0.717, 1.165) is 18.7 Å². The van der Waals surface area contributed by atoms with Gasteiger partial charge in [-0.3, -0.25) is 4.79 Å². The Labute approximate surface area is 107 Å². The SMILES string of the molecule is CNC(=O)C1(C)CCN(c2ccccc2C#N)C1. The minimum Gasteiger partial charge on any atom is -0.369 e. The second-order valence-electron chi connectivity index (χ2n) is 4.94. The maximum Gasteiger partial charge on any atom is 0.227 e. The molecule has 0 spiro atoms. The molecule has 0 radical (unpaired) electrons. The number of nitrogens with zero attached hydrogens (tertiary/aromatic N) is 2. The van der Waals surface area contributed by atoms with Crippen molar-refractivity contribution < 1.29 is 4.79 Å². The zero-order valence-electron chi connectivity index (χ0n) is 10.7. The van der Waals surface area contributed by atoms with Crippen molar-refractivity contribution in [2.45, 2.75) is 13.3 Å². The van der Waals surface area contributed by atoms with Crippen molar-refractivity contribution in [3.63, 3.8) is 0 Å². The summed E-state index contributed by atoms with van der Waals surface area (Å²) < 4.78 is 0. The highest BCUT2D eigenvalue weighted by molar-refractivity contribution is 5.83. The number of carbonyl (C=O) groups is 1. The molecule has 2 rings (SSSR count). The first kappa shape index (κ1) is 12.4. The van der Waals surface area contributed by atoms with Crippen LogP contribution in [0, 0.1) is 16.7 Å². The van der Waals surface area contributed by atoms with Crippen LogP contribution in [0.1, 0.15) is 18.9 Å². The lowest BCUT2D eigenvalue weighted by Gasteiger charge is -2.24. The summed E-state index contributed by atoms with van der Waals surface area (Å²) >= 11 is 0. The van der Waals surface area contributed by atoms with Crippen LogP contribution in [0.15, 0.2) is 24.3 Å². The number of nitrogens with one attached hydrogen (secondary N) is 1. The Hall–Kier alpha value is -2.02. The first-order valence-electron chi connectivity index (χ1n) is 6.07. The second-order valence-corrected chi connectivity index (χ2v) is 4.94. The van der Waals surface area contributed by atoms with E-state index < -0.39 is 0 Å². The van der Waals surface area contributed by atoms with Crippen molar-refractivity contribution in [3.8, 4) is 6.07 Å². The van der Waals surface area contributed by atoms with E-state index in [9.17, 15) is 4.79 Å². The van der Waals surface area contributed by atoms with E-state index >= 15 is 0 Å². The molecule has 0 bridgehead atoms. The average Bonchev–Trinajstić information content (AvgIpc) is 2.81. The van der Waals surface area contributed by atoms with Gasteiger partial charge in [0.25, 0.3) is 0 Å². The highest BCUT2D eigenvalue weighted by Gasteiger charge is 2.40. The number of carbonyl (C=O) groups excluding carboxylic acids is 1. The van der Waals surface area contributed by atoms with E-state index in [1.165, 1.54) is 0 Å². The monoisotopic (exact) mass is 243 g/mol. The fraction of sp³-hybridized carbons (Fsp3) is 0.429. The Balaban J connectivity index is 2.24. The summed E-state index contributed by atoms with van der Waals surface area (Å²) in [4.78, 5) is 14.0. The van der Waals surface area contributed by atoms with Crippen LogP contribution >= 0.6 is 0 Å².